The summed E-state index contributed by atoms with van der Waals surface area (Å²) >= 11 is 0. The van der Waals surface area contributed by atoms with Crippen molar-refractivity contribution in [2.45, 2.75) is 50.9 Å². The zero-order valence-electron chi connectivity index (χ0n) is 20.6. The van der Waals surface area contributed by atoms with Gasteiger partial charge in [-0.3, -0.25) is 9.59 Å². The van der Waals surface area contributed by atoms with Crippen molar-refractivity contribution in [3.63, 3.8) is 0 Å². The second kappa shape index (κ2) is 10.3. The van der Waals surface area contributed by atoms with Crippen LogP contribution in [0.15, 0.2) is 0 Å². The van der Waals surface area contributed by atoms with E-state index in [1.165, 1.54) is 4.68 Å². The minimum absolute atomic E-state index is 0.0233. The van der Waals surface area contributed by atoms with E-state index in [1.807, 2.05) is 0 Å². The van der Waals surface area contributed by atoms with E-state index in [2.05, 4.69) is 37.9 Å². The predicted octanol–water partition coefficient (Wildman–Crippen LogP) is 0.517. The summed E-state index contributed by atoms with van der Waals surface area (Å²) in [7, 11) is 2.12. The van der Waals surface area contributed by atoms with E-state index in [0.717, 1.165) is 64.8 Å². The number of carbonyl (C=O) groups excluding carboxylic acids is 2. The molecule has 35 heavy (non-hydrogen) atoms. The van der Waals surface area contributed by atoms with Gasteiger partial charge < -0.3 is 31.5 Å². The smallest absolute Gasteiger partial charge is 0.259 e. The van der Waals surface area contributed by atoms with Gasteiger partial charge >= 0.3 is 0 Å². The molecule has 3 saturated heterocycles. The second-order valence-corrected chi connectivity index (χ2v) is 10.7. The lowest BCUT2D eigenvalue weighted by Gasteiger charge is -2.43. The first kappa shape index (κ1) is 24.3. The topological polar surface area (TPSA) is 121 Å². The van der Waals surface area contributed by atoms with Gasteiger partial charge in [0.15, 0.2) is 5.82 Å². The van der Waals surface area contributed by atoms with Crippen molar-refractivity contribution < 1.29 is 14.0 Å². The SMILES string of the molecule is CN1CCC(C(=O)N2CCC(C3CCNCC3NC(=O)c3c(N)nn4c3NCC(F)C4)CC2)CC1. The zero-order valence-corrected chi connectivity index (χ0v) is 20.6. The van der Waals surface area contributed by atoms with Gasteiger partial charge in [-0.1, -0.05) is 0 Å². The number of anilines is 2. The van der Waals surface area contributed by atoms with Crippen LogP contribution in [-0.2, 0) is 11.3 Å². The van der Waals surface area contributed by atoms with Crippen molar-refractivity contribution in [3.8, 4) is 0 Å². The molecule has 0 bridgehead atoms. The summed E-state index contributed by atoms with van der Waals surface area (Å²) in [6, 6.07) is -0.0233. The number of rotatable bonds is 4. The summed E-state index contributed by atoms with van der Waals surface area (Å²) in [6.07, 6.45) is 3.80. The predicted molar refractivity (Wildman–Crippen MR) is 132 cm³/mol. The first-order valence-electron chi connectivity index (χ1n) is 13.1. The number of piperidine rings is 3. The highest BCUT2D eigenvalue weighted by Gasteiger charge is 2.38. The lowest BCUT2D eigenvalue weighted by Crippen LogP contribution is -2.55. The van der Waals surface area contributed by atoms with Gasteiger partial charge in [0.05, 0.1) is 6.54 Å². The van der Waals surface area contributed by atoms with E-state index in [9.17, 15) is 14.0 Å². The molecule has 1 aromatic rings. The molecule has 3 atom stereocenters. The molecular formula is C24H39FN8O2. The molecule has 2 amide bonds. The van der Waals surface area contributed by atoms with Crippen LogP contribution in [0, 0.1) is 17.8 Å². The van der Waals surface area contributed by atoms with Gasteiger partial charge in [-0.2, -0.15) is 5.10 Å². The third-order valence-corrected chi connectivity index (χ3v) is 8.45. The summed E-state index contributed by atoms with van der Waals surface area (Å²) in [5.41, 5.74) is 6.36. The summed E-state index contributed by atoms with van der Waals surface area (Å²) in [6.45, 7) is 5.48. The van der Waals surface area contributed by atoms with Gasteiger partial charge in [0.2, 0.25) is 5.91 Å². The fourth-order valence-electron chi connectivity index (χ4n) is 6.38. The van der Waals surface area contributed by atoms with Crippen molar-refractivity contribution in [1.82, 2.24) is 30.2 Å². The molecule has 3 unspecified atom stereocenters. The molecule has 0 saturated carbocycles. The van der Waals surface area contributed by atoms with Crippen molar-refractivity contribution in [3.05, 3.63) is 5.56 Å². The Balaban J connectivity index is 1.19. The maximum absolute atomic E-state index is 13.7. The number of aromatic nitrogens is 2. The number of hydrogen-bond acceptors (Lipinski definition) is 7. The molecule has 0 spiro atoms. The van der Waals surface area contributed by atoms with Crippen molar-refractivity contribution in [2.75, 3.05) is 63.9 Å². The Kier molecular flexibility index (Phi) is 7.15. The lowest BCUT2D eigenvalue weighted by molar-refractivity contribution is -0.138. The van der Waals surface area contributed by atoms with Gasteiger partial charge in [0.1, 0.15) is 17.6 Å². The summed E-state index contributed by atoms with van der Waals surface area (Å²) < 4.78 is 15.2. The van der Waals surface area contributed by atoms with E-state index in [-0.39, 0.29) is 36.8 Å². The average Bonchev–Trinajstić information content (AvgIpc) is 3.19. The number of halogens is 1. The number of nitrogens with zero attached hydrogens (tertiary/aromatic N) is 4. The van der Waals surface area contributed by atoms with Crippen molar-refractivity contribution in [1.29, 1.82) is 0 Å². The number of carbonyl (C=O) groups is 2. The maximum atomic E-state index is 13.7. The van der Waals surface area contributed by atoms with E-state index in [4.69, 9.17) is 5.73 Å². The Labute approximate surface area is 206 Å². The molecule has 4 aliphatic heterocycles. The Bertz CT molecular complexity index is 923. The van der Waals surface area contributed by atoms with Gasteiger partial charge in [-0.05, 0) is 70.6 Å². The quantitative estimate of drug-likeness (QED) is 0.486. The standard InChI is InChI=1S/C24H39FN8O2/c1-31-8-3-16(4-9-31)24(35)32-10-5-15(6-11-32)18-2-7-27-13-19(18)29-23(34)20-21(26)30-33-14-17(25)12-28-22(20)33/h15-19,27-28H,2-14H2,1H3,(H2,26,30)(H,29,34). The van der Waals surface area contributed by atoms with Gasteiger partial charge in [0, 0.05) is 38.1 Å². The largest absolute Gasteiger partial charge is 0.381 e. The Morgan fingerprint density at radius 3 is 2.57 bits per heavy atom. The molecule has 194 valence electrons. The summed E-state index contributed by atoms with van der Waals surface area (Å²) in [5.74, 6) is 1.67. The third-order valence-electron chi connectivity index (χ3n) is 8.45. The molecule has 3 fully saturated rings. The first-order chi connectivity index (χ1) is 16.9. The molecule has 10 nitrogen and oxygen atoms in total. The van der Waals surface area contributed by atoms with Crippen LogP contribution in [0.25, 0.3) is 0 Å². The van der Waals surface area contributed by atoms with Crippen LogP contribution in [0.5, 0.6) is 0 Å². The van der Waals surface area contributed by atoms with E-state index < -0.39 is 6.17 Å². The molecule has 0 aromatic carbocycles. The van der Waals surface area contributed by atoms with Crippen molar-refractivity contribution in [2.24, 2.45) is 17.8 Å². The van der Waals surface area contributed by atoms with Crippen LogP contribution in [0.3, 0.4) is 0 Å². The number of nitrogens with two attached hydrogens (primary N) is 1. The molecule has 5 heterocycles. The van der Waals surface area contributed by atoms with Gasteiger partial charge in [-0.25, -0.2) is 9.07 Å². The number of alkyl halides is 1. The average molecular weight is 491 g/mol. The number of nitrogen functional groups attached to an aromatic ring is 1. The second-order valence-electron chi connectivity index (χ2n) is 10.7. The molecule has 0 aliphatic carbocycles. The maximum Gasteiger partial charge on any atom is 0.259 e. The molecule has 5 N–H and O–H groups in total. The van der Waals surface area contributed by atoms with Crippen LogP contribution in [0.2, 0.25) is 0 Å². The highest BCUT2D eigenvalue weighted by molar-refractivity contribution is 6.03. The van der Waals surface area contributed by atoms with E-state index in [0.29, 0.717) is 35.7 Å². The van der Waals surface area contributed by atoms with Crippen molar-refractivity contribution >= 4 is 23.5 Å². The van der Waals surface area contributed by atoms with Gasteiger partial charge in [-0.15, -0.1) is 0 Å². The lowest BCUT2D eigenvalue weighted by atomic mass is 9.76. The Morgan fingerprint density at radius 2 is 1.83 bits per heavy atom. The summed E-state index contributed by atoms with van der Waals surface area (Å²) in [5, 5.41) is 13.8. The zero-order chi connectivity index (χ0) is 24.5. The molecule has 4 aliphatic rings. The number of nitrogens with one attached hydrogen (secondary N) is 3. The minimum Gasteiger partial charge on any atom is -0.381 e. The van der Waals surface area contributed by atoms with Gasteiger partial charge in [0.25, 0.3) is 5.91 Å². The fourth-order valence-corrected chi connectivity index (χ4v) is 6.38. The molecule has 1 aromatic heterocycles. The summed E-state index contributed by atoms with van der Waals surface area (Å²) in [4.78, 5) is 30.7. The van der Waals surface area contributed by atoms with Crippen LogP contribution in [0.1, 0.15) is 42.5 Å². The van der Waals surface area contributed by atoms with E-state index >= 15 is 0 Å². The highest BCUT2D eigenvalue weighted by Crippen LogP contribution is 2.33. The monoisotopic (exact) mass is 490 g/mol. The minimum atomic E-state index is -1.05. The Hall–Kier alpha value is -2.40. The van der Waals surface area contributed by atoms with E-state index in [1.54, 1.807) is 0 Å². The molecule has 5 rings (SSSR count). The molecular weight excluding hydrogens is 451 g/mol. The van der Waals surface area contributed by atoms with Crippen LogP contribution in [0.4, 0.5) is 16.0 Å². The number of fused-ring (bicyclic) bond motifs is 1. The normalized spacial score (nSPS) is 28.9. The highest BCUT2D eigenvalue weighted by atomic mass is 19.1. The van der Waals surface area contributed by atoms with Crippen LogP contribution < -0.4 is 21.7 Å². The first-order valence-corrected chi connectivity index (χ1v) is 13.1. The fraction of sp³-hybridized carbons (Fsp3) is 0.792. The van der Waals surface area contributed by atoms with Crippen LogP contribution >= 0.6 is 0 Å². The number of likely N-dealkylation sites (tertiary alicyclic amines) is 2. The third kappa shape index (κ3) is 5.11. The van der Waals surface area contributed by atoms with Crippen LogP contribution in [-0.4, -0.2) is 96.5 Å². The Morgan fingerprint density at radius 1 is 1.09 bits per heavy atom. The number of amides is 2. The molecule has 11 heteroatoms. The molecule has 0 radical (unpaired) electrons. The number of hydrogen-bond donors (Lipinski definition) is 4.